The van der Waals surface area contributed by atoms with Gasteiger partial charge in [-0.25, -0.2) is 0 Å². The first-order chi connectivity index (χ1) is 11.0. The number of ketones is 2. The van der Waals surface area contributed by atoms with Crippen molar-refractivity contribution in [2.75, 3.05) is 7.11 Å². The lowest BCUT2D eigenvalue weighted by Gasteiger charge is -2.04. The molecule has 0 fully saturated rings. The predicted molar refractivity (Wildman–Crippen MR) is 84.0 cm³/mol. The Hall–Kier alpha value is -3.08. The monoisotopic (exact) mass is 310 g/mol. The number of allylic oxidation sites excluding steroid dienone is 1. The number of fused-ring (bicyclic) bond motifs is 1. The Morgan fingerprint density at radius 3 is 2.52 bits per heavy atom. The molecule has 0 aliphatic carbocycles. The second-order valence-electron chi connectivity index (χ2n) is 5.14. The quantitative estimate of drug-likeness (QED) is 0.696. The summed E-state index contributed by atoms with van der Waals surface area (Å²) in [5.74, 6) is 0.291. The van der Waals surface area contributed by atoms with Crippen LogP contribution in [0.2, 0.25) is 0 Å². The highest BCUT2D eigenvalue weighted by Gasteiger charge is 2.29. The van der Waals surface area contributed by atoms with Crippen LogP contribution in [0.3, 0.4) is 0 Å². The number of phenols is 1. The number of hydrogen-bond acceptors (Lipinski definition) is 5. The van der Waals surface area contributed by atoms with Crippen molar-refractivity contribution < 1.29 is 24.2 Å². The van der Waals surface area contributed by atoms with E-state index < -0.39 is 0 Å². The molecule has 0 atom stereocenters. The number of methoxy groups -OCH3 is 1. The molecule has 116 valence electrons. The highest BCUT2D eigenvalue weighted by Crippen LogP contribution is 2.39. The number of carbonyl (C=O) groups excluding carboxylic acids is 2. The van der Waals surface area contributed by atoms with Crippen LogP contribution < -0.4 is 9.47 Å². The highest BCUT2D eigenvalue weighted by atomic mass is 16.5. The number of ether oxygens (including phenoxy) is 2. The van der Waals surface area contributed by atoms with Gasteiger partial charge in [0.2, 0.25) is 5.78 Å². The van der Waals surface area contributed by atoms with E-state index >= 15 is 0 Å². The molecule has 1 aliphatic rings. The number of Topliss-reactive ketones (excluding diaryl/α,β-unsaturated/α-hetero) is 2. The van der Waals surface area contributed by atoms with Gasteiger partial charge < -0.3 is 14.6 Å². The molecule has 3 rings (SSSR count). The second-order valence-corrected chi connectivity index (χ2v) is 5.14. The molecule has 5 nitrogen and oxygen atoms in total. The maximum Gasteiger partial charge on any atom is 0.232 e. The summed E-state index contributed by atoms with van der Waals surface area (Å²) in [6.45, 7) is 1.49. The zero-order valence-electron chi connectivity index (χ0n) is 12.6. The minimum Gasteiger partial charge on any atom is -0.504 e. The Balaban J connectivity index is 1.93. The molecule has 0 aromatic heterocycles. The van der Waals surface area contributed by atoms with Crippen molar-refractivity contribution >= 4 is 17.6 Å². The van der Waals surface area contributed by atoms with E-state index in [1.807, 2.05) is 0 Å². The standard InChI is InChI=1S/C18H14O5/c1-10(19)12-5-3-11(4-6-12)7-17-18(21)13-8-14(20)16(22-2)9-15(13)23-17/h3-9,20H,1-2H3. The molecule has 0 unspecified atom stereocenters. The van der Waals surface area contributed by atoms with E-state index in [0.29, 0.717) is 11.3 Å². The summed E-state index contributed by atoms with van der Waals surface area (Å²) in [5.41, 5.74) is 1.63. The van der Waals surface area contributed by atoms with Crippen LogP contribution in [0.15, 0.2) is 42.2 Å². The Bertz CT molecular complexity index is 831. The normalized spacial score (nSPS) is 14.5. The minimum atomic E-state index is -0.311. The Morgan fingerprint density at radius 2 is 1.91 bits per heavy atom. The largest absolute Gasteiger partial charge is 0.504 e. The topological polar surface area (TPSA) is 72.8 Å². The number of carbonyl (C=O) groups is 2. The lowest BCUT2D eigenvalue weighted by molar-refractivity contribution is 0.101. The number of phenolic OH excluding ortho intramolecular Hbond substituents is 1. The van der Waals surface area contributed by atoms with E-state index in [-0.39, 0.29) is 34.4 Å². The Kier molecular flexibility index (Phi) is 3.62. The molecule has 0 bridgehead atoms. The van der Waals surface area contributed by atoms with Crippen molar-refractivity contribution in [3.63, 3.8) is 0 Å². The molecule has 23 heavy (non-hydrogen) atoms. The van der Waals surface area contributed by atoms with Crippen LogP contribution in [-0.4, -0.2) is 23.8 Å². The van der Waals surface area contributed by atoms with Gasteiger partial charge in [0.15, 0.2) is 23.0 Å². The lowest BCUT2D eigenvalue weighted by atomic mass is 10.1. The smallest absolute Gasteiger partial charge is 0.232 e. The molecule has 0 spiro atoms. The van der Waals surface area contributed by atoms with Gasteiger partial charge >= 0.3 is 0 Å². The fourth-order valence-electron chi connectivity index (χ4n) is 2.33. The SMILES string of the molecule is COc1cc2c(cc1O)C(=O)C(=Cc1ccc(C(C)=O)cc1)O2. The lowest BCUT2D eigenvalue weighted by Crippen LogP contribution is -1.98. The van der Waals surface area contributed by atoms with Gasteiger partial charge in [-0.2, -0.15) is 0 Å². The molecule has 1 N–H and O–H groups in total. The fourth-order valence-corrected chi connectivity index (χ4v) is 2.33. The highest BCUT2D eigenvalue weighted by molar-refractivity contribution is 6.14. The molecule has 2 aromatic rings. The summed E-state index contributed by atoms with van der Waals surface area (Å²) >= 11 is 0. The van der Waals surface area contributed by atoms with Crippen molar-refractivity contribution in [2.45, 2.75) is 6.92 Å². The van der Waals surface area contributed by atoms with Gasteiger partial charge in [0.1, 0.15) is 5.75 Å². The molecule has 0 saturated heterocycles. The van der Waals surface area contributed by atoms with Crippen molar-refractivity contribution in [3.05, 3.63) is 58.8 Å². The van der Waals surface area contributed by atoms with Crippen molar-refractivity contribution in [2.24, 2.45) is 0 Å². The average Bonchev–Trinajstić information content (AvgIpc) is 2.83. The van der Waals surface area contributed by atoms with E-state index in [2.05, 4.69) is 0 Å². The number of benzene rings is 2. The van der Waals surface area contributed by atoms with E-state index in [4.69, 9.17) is 9.47 Å². The number of aromatic hydroxyl groups is 1. The molecule has 2 aromatic carbocycles. The second kappa shape index (κ2) is 5.61. The first kappa shape index (κ1) is 14.8. The van der Waals surface area contributed by atoms with Crippen LogP contribution in [0, 0.1) is 0 Å². The zero-order chi connectivity index (χ0) is 16.6. The minimum absolute atomic E-state index is 0.0210. The predicted octanol–water partition coefficient (Wildman–Crippen LogP) is 3.22. The zero-order valence-corrected chi connectivity index (χ0v) is 12.6. The van der Waals surface area contributed by atoms with E-state index in [9.17, 15) is 14.7 Å². The van der Waals surface area contributed by atoms with Gasteiger partial charge in [-0.3, -0.25) is 9.59 Å². The van der Waals surface area contributed by atoms with E-state index in [0.717, 1.165) is 5.56 Å². The summed E-state index contributed by atoms with van der Waals surface area (Å²) in [7, 11) is 1.42. The molecular weight excluding hydrogens is 296 g/mol. The average molecular weight is 310 g/mol. The summed E-state index contributed by atoms with van der Waals surface area (Å²) in [4.78, 5) is 23.6. The van der Waals surface area contributed by atoms with E-state index in [1.54, 1.807) is 30.3 Å². The summed E-state index contributed by atoms with van der Waals surface area (Å²) < 4.78 is 10.6. The number of rotatable bonds is 3. The van der Waals surface area contributed by atoms with Crippen LogP contribution in [0.25, 0.3) is 6.08 Å². The van der Waals surface area contributed by atoms with Gasteiger partial charge in [0.05, 0.1) is 12.7 Å². The van der Waals surface area contributed by atoms with Gasteiger partial charge in [0, 0.05) is 11.6 Å². The van der Waals surface area contributed by atoms with Crippen LogP contribution in [-0.2, 0) is 0 Å². The van der Waals surface area contributed by atoms with Gasteiger partial charge in [-0.15, -0.1) is 0 Å². The van der Waals surface area contributed by atoms with E-state index in [1.165, 1.54) is 26.2 Å². The molecule has 0 amide bonds. The molecule has 0 saturated carbocycles. The van der Waals surface area contributed by atoms with Crippen molar-refractivity contribution in [3.8, 4) is 17.2 Å². The first-order valence-corrected chi connectivity index (χ1v) is 6.96. The summed E-state index contributed by atoms with van der Waals surface area (Å²) in [6.07, 6.45) is 1.59. The maximum absolute atomic E-state index is 12.3. The molecule has 1 aliphatic heterocycles. The van der Waals surface area contributed by atoms with Crippen LogP contribution >= 0.6 is 0 Å². The third-order valence-corrected chi connectivity index (χ3v) is 3.58. The third kappa shape index (κ3) is 2.68. The maximum atomic E-state index is 12.3. The number of hydrogen-bond donors (Lipinski definition) is 1. The van der Waals surface area contributed by atoms with Crippen LogP contribution in [0.5, 0.6) is 17.2 Å². The van der Waals surface area contributed by atoms with Gasteiger partial charge in [-0.1, -0.05) is 24.3 Å². The van der Waals surface area contributed by atoms with Crippen LogP contribution in [0.1, 0.15) is 33.2 Å². The fraction of sp³-hybridized carbons (Fsp3) is 0.111. The Labute approximate surface area is 132 Å². The molecule has 0 radical (unpaired) electrons. The first-order valence-electron chi connectivity index (χ1n) is 6.96. The van der Waals surface area contributed by atoms with Gasteiger partial charge in [-0.05, 0) is 24.6 Å². The summed E-state index contributed by atoms with van der Waals surface area (Å²) in [5, 5.41) is 9.77. The van der Waals surface area contributed by atoms with Crippen molar-refractivity contribution in [1.29, 1.82) is 0 Å². The third-order valence-electron chi connectivity index (χ3n) is 3.58. The summed E-state index contributed by atoms with van der Waals surface area (Å²) in [6, 6.07) is 9.66. The van der Waals surface area contributed by atoms with Crippen LogP contribution in [0.4, 0.5) is 0 Å². The molecular formula is C18H14O5. The Morgan fingerprint density at radius 1 is 1.22 bits per heavy atom. The molecule has 1 heterocycles. The molecule has 5 heteroatoms. The van der Waals surface area contributed by atoms with Gasteiger partial charge in [0.25, 0.3) is 0 Å². The van der Waals surface area contributed by atoms with Crippen molar-refractivity contribution in [1.82, 2.24) is 0 Å².